The molecule has 3 aromatic rings. The molecule has 0 radical (unpaired) electrons. The van der Waals surface area contributed by atoms with Crippen molar-refractivity contribution >= 4 is 11.6 Å². The average Bonchev–Trinajstić information content (AvgIpc) is 2.80. The lowest BCUT2D eigenvalue weighted by Crippen LogP contribution is -2.13. The molecule has 0 aliphatic heterocycles. The molecule has 1 N–H and O–H groups in total. The largest absolute Gasteiger partial charge is 0.493 e. The summed E-state index contributed by atoms with van der Waals surface area (Å²) < 4.78 is 11.9. The minimum atomic E-state index is -0.150. The van der Waals surface area contributed by atoms with Crippen LogP contribution >= 0.6 is 0 Å². The SMILES string of the molecule is CCCCc1ccc(NC(=O)c2ccc(OCC)c(COc3cc(C)cc(C)c3C)c2)cc1. The zero-order chi connectivity index (χ0) is 23.8. The molecule has 0 aliphatic carbocycles. The number of amides is 1. The number of carbonyl (C=O) groups excluding carboxylic acids is 1. The Labute approximate surface area is 197 Å². The molecule has 0 bridgehead atoms. The molecule has 33 heavy (non-hydrogen) atoms. The number of carbonyl (C=O) groups is 1. The molecule has 0 saturated carbocycles. The Hall–Kier alpha value is -3.27. The van der Waals surface area contributed by atoms with Gasteiger partial charge in [0.15, 0.2) is 0 Å². The van der Waals surface area contributed by atoms with Crippen LogP contribution in [0.5, 0.6) is 11.5 Å². The Balaban J connectivity index is 1.75. The highest BCUT2D eigenvalue weighted by atomic mass is 16.5. The van der Waals surface area contributed by atoms with Crippen molar-refractivity contribution in [1.29, 1.82) is 0 Å². The molecule has 0 spiro atoms. The van der Waals surface area contributed by atoms with E-state index in [9.17, 15) is 4.79 Å². The Morgan fingerprint density at radius 3 is 2.33 bits per heavy atom. The summed E-state index contributed by atoms with van der Waals surface area (Å²) in [7, 11) is 0. The lowest BCUT2D eigenvalue weighted by atomic mass is 10.1. The molecule has 3 rings (SSSR count). The minimum absolute atomic E-state index is 0.150. The van der Waals surface area contributed by atoms with E-state index in [2.05, 4.69) is 51.2 Å². The predicted octanol–water partition coefficient (Wildman–Crippen LogP) is 7.18. The van der Waals surface area contributed by atoms with Gasteiger partial charge in [0.05, 0.1) is 6.61 Å². The number of rotatable bonds is 10. The normalized spacial score (nSPS) is 10.7. The molecule has 4 heteroatoms. The van der Waals surface area contributed by atoms with Gasteiger partial charge >= 0.3 is 0 Å². The number of hydrogen-bond donors (Lipinski definition) is 1. The maximum atomic E-state index is 12.9. The van der Waals surface area contributed by atoms with E-state index >= 15 is 0 Å². The molecule has 0 heterocycles. The number of nitrogens with one attached hydrogen (secondary N) is 1. The van der Waals surface area contributed by atoms with E-state index in [1.807, 2.05) is 37.3 Å². The second-order valence-corrected chi connectivity index (χ2v) is 8.50. The van der Waals surface area contributed by atoms with Crippen LogP contribution in [-0.4, -0.2) is 12.5 Å². The number of hydrogen-bond acceptors (Lipinski definition) is 3. The smallest absolute Gasteiger partial charge is 0.255 e. The first-order chi connectivity index (χ1) is 15.9. The van der Waals surface area contributed by atoms with E-state index in [1.165, 1.54) is 24.0 Å². The minimum Gasteiger partial charge on any atom is -0.493 e. The fourth-order valence-electron chi connectivity index (χ4n) is 3.77. The van der Waals surface area contributed by atoms with Crippen LogP contribution in [0.1, 0.15) is 64.9 Å². The molecule has 3 aromatic carbocycles. The van der Waals surface area contributed by atoms with Crippen LogP contribution < -0.4 is 14.8 Å². The summed E-state index contributed by atoms with van der Waals surface area (Å²) >= 11 is 0. The summed E-state index contributed by atoms with van der Waals surface area (Å²) in [6.45, 7) is 11.2. The van der Waals surface area contributed by atoms with Crippen molar-refractivity contribution in [2.45, 2.75) is 60.5 Å². The predicted molar refractivity (Wildman–Crippen MR) is 136 cm³/mol. The maximum Gasteiger partial charge on any atom is 0.255 e. The van der Waals surface area contributed by atoms with Gasteiger partial charge in [-0.1, -0.05) is 31.5 Å². The average molecular weight is 446 g/mol. The molecule has 0 aliphatic rings. The zero-order valence-electron chi connectivity index (χ0n) is 20.5. The van der Waals surface area contributed by atoms with Crippen molar-refractivity contribution < 1.29 is 14.3 Å². The molecular weight excluding hydrogens is 410 g/mol. The standard InChI is InChI=1S/C29H35NO3/c1-6-8-9-23-10-13-26(14-11-23)30-29(31)24-12-15-27(32-7-2)25(18-24)19-33-28-17-20(3)16-21(4)22(28)5/h10-18H,6-9,19H2,1-5H3,(H,30,31). The van der Waals surface area contributed by atoms with E-state index in [4.69, 9.17) is 9.47 Å². The number of anilines is 1. The van der Waals surface area contributed by atoms with Crippen LogP contribution in [0, 0.1) is 20.8 Å². The highest BCUT2D eigenvalue weighted by molar-refractivity contribution is 6.04. The lowest BCUT2D eigenvalue weighted by Gasteiger charge is -2.16. The number of benzene rings is 3. The summed E-state index contributed by atoms with van der Waals surface area (Å²) in [4.78, 5) is 12.9. The summed E-state index contributed by atoms with van der Waals surface area (Å²) in [6.07, 6.45) is 3.41. The second kappa shape index (κ2) is 11.6. The van der Waals surface area contributed by atoms with Crippen molar-refractivity contribution in [2.75, 3.05) is 11.9 Å². The molecule has 0 saturated heterocycles. The lowest BCUT2D eigenvalue weighted by molar-refractivity contribution is 0.102. The fraction of sp³-hybridized carbons (Fsp3) is 0.345. The van der Waals surface area contributed by atoms with Crippen LogP contribution in [-0.2, 0) is 13.0 Å². The molecule has 0 aromatic heterocycles. The van der Waals surface area contributed by atoms with Gasteiger partial charge in [-0.15, -0.1) is 0 Å². The van der Waals surface area contributed by atoms with E-state index in [0.29, 0.717) is 18.8 Å². The number of aryl methyl sites for hydroxylation is 3. The van der Waals surface area contributed by atoms with E-state index in [1.54, 1.807) is 6.07 Å². The van der Waals surface area contributed by atoms with E-state index in [0.717, 1.165) is 40.3 Å². The highest BCUT2D eigenvalue weighted by Gasteiger charge is 2.13. The second-order valence-electron chi connectivity index (χ2n) is 8.50. The molecular formula is C29H35NO3. The van der Waals surface area contributed by atoms with Gasteiger partial charge in [0.25, 0.3) is 5.91 Å². The first-order valence-corrected chi connectivity index (χ1v) is 11.8. The highest BCUT2D eigenvalue weighted by Crippen LogP contribution is 2.27. The van der Waals surface area contributed by atoms with Gasteiger partial charge in [-0.2, -0.15) is 0 Å². The summed E-state index contributed by atoms with van der Waals surface area (Å²) in [5, 5.41) is 3.00. The van der Waals surface area contributed by atoms with Crippen LogP contribution in [0.2, 0.25) is 0 Å². The van der Waals surface area contributed by atoms with Gasteiger partial charge in [0.2, 0.25) is 0 Å². The van der Waals surface area contributed by atoms with Gasteiger partial charge in [-0.25, -0.2) is 0 Å². The van der Waals surface area contributed by atoms with Gasteiger partial charge in [-0.05, 0) is 99.2 Å². The van der Waals surface area contributed by atoms with Crippen molar-refractivity contribution in [3.63, 3.8) is 0 Å². The van der Waals surface area contributed by atoms with Crippen molar-refractivity contribution in [3.8, 4) is 11.5 Å². The summed E-state index contributed by atoms with van der Waals surface area (Å²) in [6, 6.07) is 17.8. The zero-order valence-corrected chi connectivity index (χ0v) is 20.5. The van der Waals surface area contributed by atoms with Crippen LogP contribution in [0.3, 0.4) is 0 Å². The first-order valence-electron chi connectivity index (χ1n) is 11.8. The monoisotopic (exact) mass is 445 g/mol. The van der Waals surface area contributed by atoms with Crippen LogP contribution in [0.25, 0.3) is 0 Å². The topological polar surface area (TPSA) is 47.6 Å². The summed E-state index contributed by atoms with van der Waals surface area (Å²) in [5.74, 6) is 1.44. The molecule has 0 atom stereocenters. The fourth-order valence-corrected chi connectivity index (χ4v) is 3.77. The van der Waals surface area contributed by atoms with E-state index in [-0.39, 0.29) is 5.91 Å². The van der Waals surface area contributed by atoms with Gasteiger partial charge in [-0.3, -0.25) is 4.79 Å². The molecule has 174 valence electrons. The Morgan fingerprint density at radius 1 is 0.879 bits per heavy atom. The summed E-state index contributed by atoms with van der Waals surface area (Å²) in [5.41, 5.74) is 6.97. The Kier molecular flexibility index (Phi) is 8.53. The van der Waals surface area contributed by atoms with Crippen LogP contribution in [0.15, 0.2) is 54.6 Å². The molecule has 0 unspecified atom stereocenters. The van der Waals surface area contributed by atoms with Crippen LogP contribution in [0.4, 0.5) is 5.69 Å². The van der Waals surface area contributed by atoms with Crippen molar-refractivity contribution in [3.05, 3.63) is 88.0 Å². The number of ether oxygens (including phenoxy) is 2. The maximum absolute atomic E-state index is 12.9. The van der Waals surface area contributed by atoms with E-state index < -0.39 is 0 Å². The first kappa shape index (κ1) is 24.4. The quantitative estimate of drug-likeness (QED) is 0.359. The van der Waals surface area contributed by atoms with Gasteiger partial charge in [0.1, 0.15) is 18.1 Å². The third kappa shape index (κ3) is 6.61. The Morgan fingerprint density at radius 2 is 1.64 bits per heavy atom. The third-order valence-electron chi connectivity index (χ3n) is 5.80. The van der Waals surface area contributed by atoms with Gasteiger partial charge in [0, 0.05) is 16.8 Å². The Bertz CT molecular complexity index is 1090. The molecule has 1 amide bonds. The molecule has 0 fully saturated rings. The van der Waals surface area contributed by atoms with Gasteiger partial charge < -0.3 is 14.8 Å². The number of unbranched alkanes of at least 4 members (excludes halogenated alkanes) is 1. The third-order valence-corrected chi connectivity index (χ3v) is 5.80. The molecule has 4 nitrogen and oxygen atoms in total. The van der Waals surface area contributed by atoms with Crippen molar-refractivity contribution in [2.24, 2.45) is 0 Å². The van der Waals surface area contributed by atoms with Crippen molar-refractivity contribution in [1.82, 2.24) is 0 Å².